The third-order valence-corrected chi connectivity index (χ3v) is 0.885. The van der Waals surface area contributed by atoms with Crippen molar-refractivity contribution in [1.82, 2.24) is 4.72 Å². The lowest BCUT2D eigenvalue weighted by Crippen LogP contribution is -2.11. The molecule has 0 aliphatic heterocycles. The van der Waals surface area contributed by atoms with Gasteiger partial charge in [-0.2, -0.15) is 0 Å². The Morgan fingerprint density at radius 2 is 2.50 bits per heavy atom. The molecule has 48 valence electrons. The lowest BCUT2D eigenvalue weighted by atomic mass is 10.8. The molecule has 0 aromatic heterocycles. The van der Waals surface area contributed by atoms with Crippen LogP contribution in [0.25, 0.3) is 0 Å². The van der Waals surface area contributed by atoms with Crippen LogP contribution in [0, 0.1) is 0 Å². The number of nitrogens with one attached hydrogen (secondary N) is 1. The molecule has 0 amide bonds. The number of carbonyl (C=O) groups excluding carboxylic acids is 1. The molecule has 0 aromatic rings. The zero-order valence-corrected chi connectivity index (χ0v) is 5.75. The largest absolute Gasteiger partial charge is 0.449 e. The quantitative estimate of drug-likeness (QED) is 0.263. The summed E-state index contributed by atoms with van der Waals surface area (Å²) in [6.45, 7) is 1.67. The van der Waals surface area contributed by atoms with Gasteiger partial charge in [0.2, 0.25) is 0 Å². The van der Waals surface area contributed by atoms with Crippen molar-refractivity contribution in [1.29, 1.82) is 0 Å². The van der Waals surface area contributed by atoms with Crippen molar-refractivity contribution >= 4 is 17.9 Å². The van der Waals surface area contributed by atoms with Gasteiger partial charge in [-0.05, 0) is 6.26 Å². The highest BCUT2D eigenvalue weighted by atomic mass is 32.2. The lowest BCUT2D eigenvalue weighted by molar-refractivity contribution is -0.141. The summed E-state index contributed by atoms with van der Waals surface area (Å²) in [5, 5.41) is 0. The van der Waals surface area contributed by atoms with E-state index < -0.39 is 0 Å². The maximum absolute atomic E-state index is 10.0. The van der Waals surface area contributed by atoms with E-state index in [2.05, 4.69) is 9.46 Å². The standard InChI is InChI=1S/C4H9NO2S/c1-4(6)7-3-5-8-2/h5H,3H2,1-2H3. The van der Waals surface area contributed by atoms with Crippen LogP contribution >= 0.6 is 11.9 Å². The van der Waals surface area contributed by atoms with Gasteiger partial charge in [0.05, 0.1) is 0 Å². The molecule has 0 aliphatic rings. The highest BCUT2D eigenvalue weighted by Gasteiger charge is 1.86. The van der Waals surface area contributed by atoms with Crippen molar-refractivity contribution in [3.63, 3.8) is 0 Å². The van der Waals surface area contributed by atoms with Crippen LogP contribution in [0.4, 0.5) is 0 Å². The van der Waals surface area contributed by atoms with Crippen molar-refractivity contribution in [3.8, 4) is 0 Å². The zero-order chi connectivity index (χ0) is 6.41. The minimum Gasteiger partial charge on any atom is -0.449 e. The first-order chi connectivity index (χ1) is 3.77. The maximum Gasteiger partial charge on any atom is 0.303 e. The third-order valence-electron chi connectivity index (χ3n) is 0.479. The van der Waals surface area contributed by atoms with Gasteiger partial charge >= 0.3 is 5.97 Å². The first-order valence-corrected chi connectivity index (χ1v) is 3.39. The molecule has 8 heavy (non-hydrogen) atoms. The van der Waals surface area contributed by atoms with Crippen molar-refractivity contribution in [2.75, 3.05) is 13.0 Å². The molecule has 0 saturated heterocycles. The smallest absolute Gasteiger partial charge is 0.303 e. The second kappa shape index (κ2) is 4.93. The van der Waals surface area contributed by atoms with Gasteiger partial charge in [-0.3, -0.25) is 4.79 Å². The normalized spacial score (nSPS) is 8.75. The summed E-state index contributed by atoms with van der Waals surface area (Å²) in [7, 11) is 0. The monoisotopic (exact) mass is 135 g/mol. The van der Waals surface area contributed by atoms with Crippen molar-refractivity contribution < 1.29 is 9.53 Å². The van der Waals surface area contributed by atoms with Crippen LogP contribution in [0.5, 0.6) is 0 Å². The van der Waals surface area contributed by atoms with Crippen molar-refractivity contribution in [2.45, 2.75) is 6.92 Å². The average Bonchev–Trinajstić information content (AvgIpc) is 1.66. The van der Waals surface area contributed by atoms with Gasteiger partial charge in [-0.1, -0.05) is 11.9 Å². The van der Waals surface area contributed by atoms with E-state index in [4.69, 9.17) is 0 Å². The molecule has 0 aromatic carbocycles. The SMILES string of the molecule is CSNCOC(C)=O. The Morgan fingerprint density at radius 1 is 1.88 bits per heavy atom. The molecule has 1 N–H and O–H groups in total. The van der Waals surface area contributed by atoms with E-state index in [9.17, 15) is 4.79 Å². The maximum atomic E-state index is 10.0. The average molecular weight is 135 g/mol. The van der Waals surface area contributed by atoms with Crippen molar-refractivity contribution in [2.24, 2.45) is 0 Å². The van der Waals surface area contributed by atoms with E-state index in [-0.39, 0.29) is 12.7 Å². The Balaban J connectivity index is 2.82. The molecule has 0 unspecified atom stereocenters. The fourth-order valence-corrected chi connectivity index (χ4v) is 0.367. The van der Waals surface area contributed by atoms with Crippen LogP contribution in [0.1, 0.15) is 6.92 Å². The van der Waals surface area contributed by atoms with Crippen LogP contribution < -0.4 is 4.72 Å². The van der Waals surface area contributed by atoms with Gasteiger partial charge in [0, 0.05) is 6.92 Å². The Morgan fingerprint density at radius 3 is 2.88 bits per heavy atom. The topological polar surface area (TPSA) is 38.3 Å². The number of ether oxygens (including phenoxy) is 1. The van der Waals surface area contributed by atoms with Gasteiger partial charge < -0.3 is 4.74 Å². The van der Waals surface area contributed by atoms with Crippen LogP contribution in [-0.2, 0) is 9.53 Å². The molecular weight excluding hydrogens is 126 g/mol. The molecule has 0 fully saturated rings. The van der Waals surface area contributed by atoms with Gasteiger partial charge in [0.25, 0.3) is 0 Å². The molecular formula is C4H9NO2S. The number of carbonyl (C=O) groups is 1. The summed E-state index contributed by atoms with van der Waals surface area (Å²) in [5.41, 5.74) is 0. The minimum absolute atomic E-state index is 0.258. The van der Waals surface area contributed by atoms with E-state index in [0.29, 0.717) is 0 Å². The van der Waals surface area contributed by atoms with Crippen LogP contribution in [0.15, 0.2) is 0 Å². The fraction of sp³-hybridized carbons (Fsp3) is 0.750. The fourth-order valence-electron chi connectivity index (χ4n) is 0.190. The Kier molecular flexibility index (Phi) is 4.79. The molecule has 0 radical (unpaired) electrons. The second-order valence-corrected chi connectivity index (χ2v) is 1.83. The van der Waals surface area contributed by atoms with E-state index in [1.54, 1.807) is 0 Å². The molecule has 4 heteroatoms. The van der Waals surface area contributed by atoms with Crippen molar-refractivity contribution in [3.05, 3.63) is 0 Å². The predicted octanol–water partition coefficient (Wildman–Crippen LogP) is 0.375. The lowest BCUT2D eigenvalue weighted by Gasteiger charge is -1.98. The Hall–Kier alpha value is -0.220. The van der Waals surface area contributed by atoms with Gasteiger partial charge in [0.15, 0.2) is 6.73 Å². The van der Waals surface area contributed by atoms with Crippen LogP contribution in [-0.4, -0.2) is 19.0 Å². The molecule has 0 spiro atoms. The molecule has 0 atom stereocenters. The number of esters is 1. The molecule has 0 bridgehead atoms. The van der Waals surface area contributed by atoms with E-state index in [1.165, 1.54) is 18.9 Å². The van der Waals surface area contributed by atoms with Gasteiger partial charge in [0.1, 0.15) is 0 Å². The molecule has 3 nitrogen and oxygen atoms in total. The second-order valence-electron chi connectivity index (χ2n) is 1.13. The molecule has 0 aliphatic carbocycles. The Labute approximate surface area is 52.9 Å². The summed E-state index contributed by atoms with van der Waals surface area (Å²) >= 11 is 1.42. The summed E-state index contributed by atoms with van der Waals surface area (Å²) in [6, 6.07) is 0. The summed E-state index contributed by atoms with van der Waals surface area (Å²) in [5.74, 6) is -0.258. The molecule has 0 heterocycles. The molecule has 0 saturated carbocycles. The number of rotatable bonds is 3. The van der Waals surface area contributed by atoms with E-state index in [0.717, 1.165) is 0 Å². The number of hydrogen-bond acceptors (Lipinski definition) is 4. The Bertz CT molecular complexity index is 76.4. The highest BCUT2D eigenvalue weighted by molar-refractivity contribution is 7.96. The first-order valence-electron chi connectivity index (χ1n) is 2.16. The molecule has 0 rings (SSSR count). The van der Waals surface area contributed by atoms with Crippen LogP contribution in [0.3, 0.4) is 0 Å². The van der Waals surface area contributed by atoms with E-state index >= 15 is 0 Å². The summed E-state index contributed by atoms with van der Waals surface area (Å²) < 4.78 is 7.26. The first kappa shape index (κ1) is 7.78. The third kappa shape index (κ3) is 5.78. The zero-order valence-electron chi connectivity index (χ0n) is 4.93. The summed E-state index contributed by atoms with van der Waals surface area (Å²) in [4.78, 5) is 10.0. The predicted molar refractivity (Wildman–Crippen MR) is 33.3 cm³/mol. The van der Waals surface area contributed by atoms with E-state index in [1.807, 2.05) is 6.26 Å². The summed E-state index contributed by atoms with van der Waals surface area (Å²) in [6.07, 6.45) is 1.86. The van der Waals surface area contributed by atoms with Gasteiger partial charge in [-0.15, -0.1) is 0 Å². The van der Waals surface area contributed by atoms with Gasteiger partial charge in [-0.25, -0.2) is 4.72 Å². The number of hydrogen-bond donors (Lipinski definition) is 1. The van der Waals surface area contributed by atoms with Crippen LogP contribution in [0.2, 0.25) is 0 Å². The minimum atomic E-state index is -0.258. The highest BCUT2D eigenvalue weighted by Crippen LogP contribution is 1.80.